The molecule has 0 fully saturated rings. The highest BCUT2D eigenvalue weighted by Crippen LogP contribution is 2.18. The van der Waals surface area contributed by atoms with E-state index in [1.165, 1.54) is 24.3 Å². The average Bonchev–Trinajstić information content (AvgIpc) is 2.43. The number of amides is 2. The topological polar surface area (TPSA) is 98.2 Å². The zero-order chi connectivity index (χ0) is 15.6. The fraction of sp³-hybridized carbons (Fsp3) is 0. The number of hydrogen-bond acceptors (Lipinski definition) is 3. The van der Waals surface area contributed by atoms with Crippen molar-refractivity contribution in [3.63, 3.8) is 0 Å². The minimum atomic E-state index is -1.04. The number of nitrogen functional groups attached to an aromatic ring is 1. The summed E-state index contributed by atoms with van der Waals surface area (Å²) in [7, 11) is 0. The van der Waals surface area contributed by atoms with E-state index in [-0.39, 0.29) is 16.9 Å². The molecule has 0 heterocycles. The summed E-state index contributed by atoms with van der Waals surface area (Å²) in [4.78, 5) is 23.0. The number of rotatable bonds is 3. The van der Waals surface area contributed by atoms with Crippen LogP contribution in [0.5, 0.6) is 0 Å². The number of halogens is 2. The molecule has 21 heavy (non-hydrogen) atoms. The molecule has 5 N–H and O–H groups in total. The number of nitrogens with one attached hydrogen (secondary N) is 1. The Morgan fingerprint density at radius 2 is 1.76 bits per heavy atom. The van der Waals surface area contributed by atoms with Gasteiger partial charge < -0.3 is 16.8 Å². The highest BCUT2D eigenvalue weighted by atomic mass is 19.1. The van der Waals surface area contributed by atoms with Crippen LogP contribution in [0.2, 0.25) is 0 Å². The second-order valence-electron chi connectivity index (χ2n) is 4.25. The van der Waals surface area contributed by atoms with Crippen molar-refractivity contribution in [2.24, 2.45) is 5.73 Å². The summed E-state index contributed by atoms with van der Waals surface area (Å²) in [5.74, 6) is -3.46. The Labute approximate surface area is 118 Å². The first-order valence-corrected chi connectivity index (χ1v) is 5.84. The summed E-state index contributed by atoms with van der Waals surface area (Å²) in [6, 6.07) is 7.24. The molecule has 0 saturated carbocycles. The molecule has 2 aromatic carbocycles. The SMILES string of the molecule is NC(=O)c1cccc(NC(=O)c2cc(N)c(F)cc2F)c1. The van der Waals surface area contributed by atoms with Crippen molar-refractivity contribution in [2.75, 3.05) is 11.1 Å². The minimum absolute atomic E-state index is 0.187. The average molecular weight is 291 g/mol. The molecule has 0 aliphatic heterocycles. The van der Waals surface area contributed by atoms with Crippen molar-refractivity contribution in [3.8, 4) is 0 Å². The molecule has 0 saturated heterocycles. The van der Waals surface area contributed by atoms with Gasteiger partial charge in [-0.2, -0.15) is 0 Å². The Kier molecular flexibility index (Phi) is 3.84. The van der Waals surface area contributed by atoms with Gasteiger partial charge in [0.05, 0.1) is 11.3 Å². The number of anilines is 2. The van der Waals surface area contributed by atoms with E-state index in [2.05, 4.69) is 5.32 Å². The van der Waals surface area contributed by atoms with E-state index in [1.54, 1.807) is 0 Å². The van der Waals surface area contributed by atoms with Crippen LogP contribution in [0.3, 0.4) is 0 Å². The second-order valence-corrected chi connectivity index (χ2v) is 4.25. The van der Waals surface area contributed by atoms with Crippen LogP contribution in [0.25, 0.3) is 0 Å². The molecular weight excluding hydrogens is 280 g/mol. The molecular formula is C14H11F2N3O2. The van der Waals surface area contributed by atoms with E-state index < -0.39 is 29.0 Å². The van der Waals surface area contributed by atoms with Gasteiger partial charge in [0, 0.05) is 17.3 Å². The molecule has 0 radical (unpaired) electrons. The van der Waals surface area contributed by atoms with Crippen molar-refractivity contribution in [3.05, 3.63) is 59.2 Å². The van der Waals surface area contributed by atoms with E-state index in [1.807, 2.05) is 0 Å². The molecule has 2 aromatic rings. The number of nitrogens with two attached hydrogens (primary N) is 2. The van der Waals surface area contributed by atoms with Gasteiger partial charge in [-0.3, -0.25) is 9.59 Å². The van der Waals surface area contributed by atoms with Gasteiger partial charge in [-0.15, -0.1) is 0 Å². The zero-order valence-corrected chi connectivity index (χ0v) is 10.7. The fourth-order valence-corrected chi connectivity index (χ4v) is 1.69. The Morgan fingerprint density at radius 1 is 1.05 bits per heavy atom. The molecule has 0 spiro atoms. The predicted octanol–water partition coefficient (Wildman–Crippen LogP) is 1.90. The largest absolute Gasteiger partial charge is 0.396 e. The van der Waals surface area contributed by atoms with Crippen LogP contribution in [0.1, 0.15) is 20.7 Å². The van der Waals surface area contributed by atoms with Crippen molar-refractivity contribution in [1.82, 2.24) is 0 Å². The highest BCUT2D eigenvalue weighted by molar-refractivity contribution is 6.05. The summed E-state index contributed by atoms with van der Waals surface area (Å²) in [6.45, 7) is 0. The van der Waals surface area contributed by atoms with Crippen molar-refractivity contribution >= 4 is 23.2 Å². The quantitative estimate of drug-likeness (QED) is 0.753. The fourth-order valence-electron chi connectivity index (χ4n) is 1.69. The smallest absolute Gasteiger partial charge is 0.258 e. The molecule has 0 bridgehead atoms. The maximum Gasteiger partial charge on any atom is 0.258 e. The third kappa shape index (κ3) is 3.14. The van der Waals surface area contributed by atoms with Gasteiger partial charge >= 0.3 is 0 Å². The lowest BCUT2D eigenvalue weighted by Gasteiger charge is -2.08. The molecule has 2 amide bonds. The van der Waals surface area contributed by atoms with Gasteiger partial charge in [0.15, 0.2) is 0 Å². The van der Waals surface area contributed by atoms with E-state index in [0.29, 0.717) is 6.07 Å². The molecule has 0 aromatic heterocycles. The molecule has 0 unspecified atom stereocenters. The lowest BCUT2D eigenvalue weighted by Crippen LogP contribution is -2.16. The van der Waals surface area contributed by atoms with Gasteiger partial charge in [-0.05, 0) is 24.3 Å². The summed E-state index contributed by atoms with van der Waals surface area (Å²) in [6.07, 6.45) is 0. The van der Waals surface area contributed by atoms with Crippen LogP contribution in [-0.4, -0.2) is 11.8 Å². The van der Waals surface area contributed by atoms with Crippen LogP contribution in [-0.2, 0) is 0 Å². The maximum atomic E-state index is 13.6. The highest BCUT2D eigenvalue weighted by Gasteiger charge is 2.15. The lowest BCUT2D eigenvalue weighted by atomic mass is 10.1. The lowest BCUT2D eigenvalue weighted by molar-refractivity contribution is 0.0995. The number of hydrogen-bond donors (Lipinski definition) is 3. The standard InChI is InChI=1S/C14H11F2N3O2/c15-10-6-11(16)12(17)5-9(10)14(21)19-8-3-1-2-7(4-8)13(18)20/h1-6H,17H2,(H2,18,20)(H,19,21). The Bertz CT molecular complexity index is 732. The van der Waals surface area contributed by atoms with Crippen LogP contribution < -0.4 is 16.8 Å². The van der Waals surface area contributed by atoms with E-state index >= 15 is 0 Å². The van der Waals surface area contributed by atoms with Crippen LogP contribution in [0, 0.1) is 11.6 Å². The summed E-state index contributed by atoms with van der Waals surface area (Å²) >= 11 is 0. The first-order chi connectivity index (χ1) is 9.88. The van der Waals surface area contributed by atoms with Crippen molar-refractivity contribution < 1.29 is 18.4 Å². The van der Waals surface area contributed by atoms with Gasteiger partial charge in [0.2, 0.25) is 5.91 Å². The van der Waals surface area contributed by atoms with Crippen molar-refractivity contribution in [2.45, 2.75) is 0 Å². The molecule has 0 aliphatic rings. The monoisotopic (exact) mass is 291 g/mol. The van der Waals surface area contributed by atoms with Gasteiger partial charge in [-0.1, -0.05) is 6.07 Å². The molecule has 0 aliphatic carbocycles. The summed E-state index contributed by atoms with van der Waals surface area (Å²) in [5, 5.41) is 2.38. The minimum Gasteiger partial charge on any atom is -0.396 e. The van der Waals surface area contributed by atoms with E-state index in [4.69, 9.17) is 11.5 Å². The van der Waals surface area contributed by atoms with Crippen LogP contribution in [0.15, 0.2) is 36.4 Å². The third-order valence-corrected chi connectivity index (χ3v) is 2.74. The summed E-state index contributed by atoms with van der Waals surface area (Å²) < 4.78 is 26.6. The van der Waals surface area contributed by atoms with E-state index in [0.717, 1.165) is 6.07 Å². The molecule has 0 atom stereocenters. The first-order valence-electron chi connectivity index (χ1n) is 5.84. The molecule has 7 heteroatoms. The number of primary amides is 1. The Hall–Kier alpha value is -2.96. The van der Waals surface area contributed by atoms with Crippen LogP contribution >= 0.6 is 0 Å². The maximum absolute atomic E-state index is 13.6. The Morgan fingerprint density at radius 3 is 2.43 bits per heavy atom. The second kappa shape index (κ2) is 5.58. The number of carbonyl (C=O) groups excluding carboxylic acids is 2. The third-order valence-electron chi connectivity index (χ3n) is 2.74. The van der Waals surface area contributed by atoms with Gasteiger partial charge in [-0.25, -0.2) is 8.78 Å². The Balaban J connectivity index is 2.28. The first kappa shape index (κ1) is 14.4. The summed E-state index contributed by atoms with van der Waals surface area (Å²) in [5.41, 5.74) is 10.1. The predicted molar refractivity (Wildman–Crippen MR) is 73.7 cm³/mol. The van der Waals surface area contributed by atoms with Crippen molar-refractivity contribution in [1.29, 1.82) is 0 Å². The zero-order valence-electron chi connectivity index (χ0n) is 10.7. The normalized spacial score (nSPS) is 10.2. The molecule has 2 rings (SSSR count). The van der Waals surface area contributed by atoms with Crippen LogP contribution in [0.4, 0.5) is 20.2 Å². The van der Waals surface area contributed by atoms with Gasteiger partial charge in [0.1, 0.15) is 11.6 Å². The number of benzene rings is 2. The van der Waals surface area contributed by atoms with Gasteiger partial charge in [0.25, 0.3) is 5.91 Å². The molecule has 5 nitrogen and oxygen atoms in total. The van der Waals surface area contributed by atoms with E-state index in [9.17, 15) is 18.4 Å². The number of carbonyl (C=O) groups is 2. The molecule has 108 valence electrons.